The first-order chi connectivity index (χ1) is 16.2. The minimum Gasteiger partial charge on any atom is -0.336 e. The van der Waals surface area contributed by atoms with E-state index >= 15 is 0 Å². The number of fused-ring (bicyclic) bond motifs is 1. The number of amides is 4. The van der Waals surface area contributed by atoms with Crippen molar-refractivity contribution in [1.82, 2.24) is 9.80 Å². The predicted molar refractivity (Wildman–Crippen MR) is 130 cm³/mol. The molecule has 0 aliphatic carbocycles. The maximum Gasteiger partial charge on any atom is 0.262 e. The highest BCUT2D eigenvalue weighted by Crippen LogP contribution is 2.28. The summed E-state index contributed by atoms with van der Waals surface area (Å²) in [4.78, 5) is 55.2. The lowest BCUT2D eigenvalue weighted by Crippen LogP contribution is -2.50. The Balaban J connectivity index is 1.54. The van der Waals surface area contributed by atoms with Crippen molar-refractivity contribution in [2.45, 2.75) is 59.0 Å². The summed E-state index contributed by atoms with van der Waals surface area (Å²) in [5.41, 5.74) is 2.52. The van der Waals surface area contributed by atoms with Crippen LogP contribution >= 0.6 is 0 Å². The first-order valence-electron chi connectivity index (χ1n) is 11.9. The Labute approximate surface area is 200 Å². The van der Waals surface area contributed by atoms with Crippen LogP contribution in [-0.4, -0.2) is 52.1 Å². The molecular formula is C27H31N3O4. The molecule has 7 nitrogen and oxygen atoms in total. The Morgan fingerprint density at radius 1 is 1.00 bits per heavy atom. The molecule has 2 atom stereocenters. The summed E-state index contributed by atoms with van der Waals surface area (Å²) in [6, 6.07) is 11.1. The maximum absolute atomic E-state index is 13.3. The molecule has 0 bridgehead atoms. The van der Waals surface area contributed by atoms with Gasteiger partial charge in [-0.25, -0.2) is 0 Å². The molecule has 1 N–H and O–H groups in total. The lowest BCUT2D eigenvalue weighted by molar-refractivity contribution is -0.121. The molecule has 34 heavy (non-hydrogen) atoms. The summed E-state index contributed by atoms with van der Waals surface area (Å²) < 4.78 is 0. The van der Waals surface area contributed by atoms with Gasteiger partial charge in [-0.1, -0.05) is 26.0 Å². The molecule has 0 spiro atoms. The van der Waals surface area contributed by atoms with Crippen LogP contribution < -0.4 is 5.32 Å². The van der Waals surface area contributed by atoms with Crippen LogP contribution in [0.5, 0.6) is 0 Å². The second-order valence-corrected chi connectivity index (χ2v) is 9.58. The Morgan fingerprint density at radius 2 is 1.65 bits per heavy atom. The zero-order valence-electron chi connectivity index (χ0n) is 20.1. The van der Waals surface area contributed by atoms with Crippen molar-refractivity contribution >= 4 is 29.3 Å². The predicted octanol–water partition coefficient (Wildman–Crippen LogP) is 4.27. The first-order valence-corrected chi connectivity index (χ1v) is 11.9. The van der Waals surface area contributed by atoms with Gasteiger partial charge in [0.05, 0.1) is 11.1 Å². The zero-order valence-corrected chi connectivity index (χ0v) is 20.1. The number of likely N-dealkylation sites (tertiary alicyclic amines) is 1. The van der Waals surface area contributed by atoms with Gasteiger partial charge in [-0.05, 0) is 74.9 Å². The minimum atomic E-state index is -0.956. The molecule has 178 valence electrons. The Morgan fingerprint density at radius 3 is 2.21 bits per heavy atom. The molecule has 4 rings (SSSR count). The van der Waals surface area contributed by atoms with E-state index in [2.05, 4.69) is 12.2 Å². The second-order valence-electron chi connectivity index (χ2n) is 9.58. The lowest BCUT2D eigenvalue weighted by atomic mass is 10.00. The SMILES string of the molecule is Cc1cc(C(=O)N2CCCCC2C)ccc1NC(=O)C(C(C)C)N1C(=O)c2ccccc2C1=O. The molecule has 0 radical (unpaired) electrons. The van der Waals surface area contributed by atoms with Gasteiger partial charge in [-0.3, -0.25) is 24.1 Å². The molecule has 2 aromatic rings. The Kier molecular flexibility index (Phi) is 6.55. The van der Waals surface area contributed by atoms with Crippen LogP contribution in [0.3, 0.4) is 0 Å². The molecule has 1 fully saturated rings. The van der Waals surface area contributed by atoms with Crippen LogP contribution in [0.25, 0.3) is 0 Å². The van der Waals surface area contributed by atoms with Gasteiger partial charge >= 0.3 is 0 Å². The minimum absolute atomic E-state index is 0.000687. The van der Waals surface area contributed by atoms with E-state index in [9.17, 15) is 19.2 Å². The normalized spacial score (nSPS) is 18.8. The molecule has 2 aliphatic rings. The van der Waals surface area contributed by atoms with E-state index in [4.69, 9.17) is 0 Å². The number of hydrogen-bond donors (Lipinski definition) is 1. The van der Waals surface area contributed by atoms with Crippen LogP contribution in [0.1, 0.15) is 76.7 Å². The number of aryl methyl sites for hydroxylation is 1. The van der Waals surface area contributed by atoms with E-state index in [1.165, 1.54) is 0 Å². The molecule has 2 aliphatic heterocycles. The Bertz CT molecular complexity index is 1120. The summed E-state index contributed by atoms with van der Waals surface area (Å²) in [5, 5.41) is 2.88. The number of anilines is 1. The van der Waals surface area contributed by atoms with Crippen molar-refractivity contribution in [2.24, 2.45) is 5.92 Å². The van der Waals surface area contributed by atoms with Gasteiger partial charge in [-0.2, -0.15) is 0 Å². The lowest BCUT2D eigenvalue weighted by Gasteiger charge is -2.33. The monoisotopic (exact) mass is 461 g/mol. The van der Waals surface area contributed by atoms with Crippen molar-refractivity contribution < 1.29 is 19.2 Å². The molecule has 2 unspecified atom stereocenters. The molecule has 4 amide bonds. The van der Waals surface area contributed by atoms with Gasteiger partial charge in [0.2, 0.25) is 5.91 Å². The zero-order chi connectivity index (χ0) is 24.6. The van der Waals surface area contributed by atoms with Crippen LogP contribution in [0.2, 0.25) is 0 Å². The standard InChI is InChI=1S/C27H31N3O4/c1-16(2)23(30-26(33)20-10-5-6-11-21(20)27(30)34)24(31)28-22-13-12-19(15-17(22)3)25(32)29-14-8-7-9-18(29)4/h5-6,10-13,15-16,18,23H,7-9,14H2,1-4H3,(H,28,31). The topological polar surface area (TPSA) is 86.8 Å². The Hall–Kier alpha value is -3.48. The van der Waals surface area contributed by atoms with Gasteiger partial charge in [0.1, 0.15) is 6.04 Å². The van der Waals surface area contributed by atoms with Crippen LogP contribution in [0, 0.1) is 12.8 Å². The smallest absolute Gasteiger partial charge is 0.262 e. The molecule has 7 heteroatoms. The number of piperidine rings is 1. The first kappa shape index (κ1) is 23.7. The highest BCUT2D eigenvalue weighted by Gasteiger charge is 2.44. The van der Waals surface area contributed by atoms with Gasteiger partial charge in [0.15, 0.2) is 0 Å². The van der Waals surface area contributed by atoms with Gasteiger partial charge in [-0.15, -0.1) is 0 Å². The summed E-state index contributed by atoms with van der Waals surface area (Å²) in [7, 11) is 0. The molecular weight excluding hydrogens is 430 g/mol. The summed E-state index contributed by atoms with van der Waals surface area (Å²) in [6.07, 6.45) is 3.16. The van der Waals surface area contributed by atoms with Crippen LogP contribution in [-0.2, 0) is 4.79 Å². The maximum atomic E-state index is 13.3. The van der Waals surface area contributed by atoms with E-state index in [-0.39, 0.29) is 17.9 Å². The van der Waals surface area contributed by atoms with Gasteiger partial charge < -0.3 is 10.2 Å². The van der Waals surface area contributed by atoms with E-state index in [0.29, 0.717) is 22.4 Å². The number of carbonyl (C=O) groups is 4. The molecule has 0 saturated carbocycles. The number of benzene rings is 2. The van der Waals surface area contributed by atoms with E-state index < -0.39 is 23.8 Å². The largest absolute Gasteiger partial charge is 0.336 e. The summed E-state index contributed by atoms with van der Waals surface area (Å²) >= 11 is 0. The molecule has 1 saturated heterocycles. The highest BCUT2D eigenvalue weighted by molar-refractivity contribution is 6.23. The van der Waals surface area contributed by atoms with Crippen molar-refractivity contribution in [1.29, 1.82) is 0 Å². The van der Waals surface area contributed by atoms with Crippen LogP contribution in [0.15, 0.2) is 42.5 Å². The van der Waals surface area contributed by atoms with Crippen molar-refractivity contribution in [3.05, 3.63) is 64.7 Å². The fraction of sp³-hybridized carbons (Fsp3) is 0.407. The average Bonchev–Trinajstić information content (AvgIpc) is 3.05. The second kappa shape index (κ2) is 9.41. The van der Waals surface area contributed by atoms with E-state index in [1.807, 2.05) is 25.7 Å². The quantitative estimate of drug-likeness (QED) is 0.674. The van der Waals surface area contributed by atoms with Gasteiger partial charge in [0, 0.05) is 23.8 Å². The molecule has 0 aromatic heterocycles. The van der Waals surface area contributed by atoms with Crippen molar-refractivity contribution in [3.63, 3.8) is 0 Å². The third-order valence-electron chi connectivity index (χ3n) is 6.80. The highest BCUT2D eigenvalue weighted by atomic mass is 16.2. The molecule has 2 heterocycles. The van der Waals surface area contributed by atoms with Gasteiger partial charge in [0.25, 0.3) is 17.7 Å². The number of nitrogens with one attached hydrogen (secondary N) is 1. The number of hydrogen-bond acceptors (Lipinski definition) is 4. The summed E-state index contributed by atoms with van der Waals surface area (Å²) in [5.74, 6) is -1.63. The number of imide groups is 1. The third kappa shape index (κ3) is 4.22. The third-order valence-corrected chi connectivity index (χ3v) is 6.80. The van der Waals surface area contributed by atoms with Crippen LogP contribution in [0.4, 0.5) is 5.69 Å². The number of nitrogens with zero attached hydrogens (tertiary/aromatic N) is 2. The van der Waals surface area contributed by atoms with Crippen molar-refractivity contribution in [2.75, 3.05) is 11.9 Å². The summed E-state index contributed by atoms with van der Waals surface area (Å²) in [6.45, 7) is 8.28. The van der Waals surface area contributed by atoms with Crippen molar-refractivity contribution in [3.8, 4) is 0 Å². The number of rotatable bonds is 5. The average molecular weight is 462 g/mol. The fourth-order valence-corrected chi connectivity index (χ4v) is 4.89. The van der Waals surface area contributed by atoms with E-state index in [0.717, 1.165) is 36.3 Å². The fourth-order valence-electron chi connectivity index (χ4n) is 4.89. The number of carbonyl (C=O) groups excluding carboxylic acids is 4. The molecule has 2 aromatic carbocycles. The van der Waals surface area contributed by atoms with E-state index in [1.54, 1.807) is 42.5 Å².